The lowest BCUT2D eigenvalue weighted by Crippen LogP contribution is -2.41. The van der Waals surface area contributed by atoms with E-state index in [1.165, 1.54) is 0 Å². The second kappa shape index (κ2) is 11.1. The van der Waals surface area contributed by atoms with E-state index in [-0.39, 0.29) is 30.1 Å². The Morgan fingerprint density at radius 2 is 2.38 bits per heavy atom. The molecular weight excluding hydrogens is 417 g/mol. The number of rotatable bonds is 5. The third-order valence-electron chi connectivity index (χ3n) is 3.50. The van der Waals surface area contributed by atoms with Gasteiger partial charge in [0.1, 0.15) is 5.82 Å². The van der Waals surface area contributed by atoms with E-state index in [1.807, 2.05) is 19.2 Å². The molecule has 132 valence electrons. The molecule has 1 fully saturated rings. The summed E-state index contributed by atoms with van der Waals surface area (Å²) in [7, 11) is 0. The van der Waals surface area contributed by atoms with Crippen molar-refractivity contribution in [3.05, 3.63) is 23.9 Å². The fourth-order valence-corrected chi connectivity index (χ4v) is 2.41. The average Bonchev–Trinajstić information content (AvgIpc) is 2.57. The SMILES string of the molecule is C#CCNC(=NCc1ccnc(N2CCOC(C)C2)c1)NCC.I. The standard InChI is InChI=1S/C17H25N5O.HI/c1-4-7-20-17(18-5-2)21-12-15-6-8-19-16(11-15)22-9-10-23-14(3)13-22;/h1,6,8,11,14H,5,7,9-10,12-13H2,2-3H3,(H2,18,20,21);1H. The largest absolute Gasteiger partial charge is 0.375 e. The summed E-state index contributed by atoms with van der Waals surface area (Å²) in [6.45, 7) is 8.42. The number of ether oxygens (including phenoxy) is 1. The number of terminal acetylenes is 1. The molecule has 0 bridgehead atoms. The van der Waals surface area contributed by atoms with Gasteiger partial charge in [0.25, 0.3) is 0 Å². The maximum atomic E-state index is 5.58. The van der Waals surface area contributed by atoms with Crippen LogP contribution in [0.4, 0.5) is 5.82 Å². The Morgan fingerprint density at radius 3 is 3.08 bits per heavy atom. The highest BCUT2D eigenvalue weighted by Crippen LogP contribution is 2.16. The normalized spacial score (nSPS) is 17.6. The number of anilines is 1. The van der Waals surface area contributed by atoms with E-state index >= 15 is 0 Å². The van der Waals surface area contributed by atoms with Crippen LogP contribution in [0.5, 0.6) is 0 Å². The first kappa shape index (κ1) is 20.5. The maximum Gasteiger partial charge on any atom is 0.192 e. The second-order valence-corrected chi connectivity index (χ2v) is 5.40. The molecule has 6 nitrogen and oxygen atoms in total. The van der Waals surface area contributed by atoms with Crippen LogP contribution in [0, 0.1) is 12.3 Å². The van der Waals surface area contributed by atoms with Gasteiger partial charge in [-0.15, -0.1) is 30.4 Å². The number of aromatic nitrogens is 1. The topological polar surface area (TPSA) is 61.8 Å². The first-order chi connectivity index (χ1) is 11.2. The van der Waals surface area contributed by atoms with Gasteiger partial charge in [-0.25, -0.2) is 9.98 Å². The Bertz CT molecular complexity index is 572. The van der Waals surface area contributed by atoms with Crippen molar-refractivity contribution < 1.29 is 4.74 Å². The predicted molar refractivity (Wildman–Crippen MR) is 109 cm³/mol. The van der Waals surface area contributed by atoms with Crippen LogP contribution in [-0.2, 0) is 11.3 Å². The fourth-order valence-electron chi connectivity index (χ4n) is 2.41. The van der Waals surface area contributed by atoms with Crippen LogP contribution in [0.15, 0.2) is 23.3 Å². The highest BCUT2D eigenvalue weighted by atomic mass is 127. The summed E-state index contributed by atoms with van der Waals surface area (Å²) in [6, 6.07) is 4.08. The summed E-state index contributed by atoms with van der Waals surface area (Å²) in [5.41, 5.74) is 1.12. The molecule has 1 aliphatic rings. The molecule has 0 amide bonds. The third-order valence-corrected chi connectivity index (χ3v) is 3.50. The molecule has 1 saturated heterocycles. The summed E-state index contributed by atoms with van der Waals surface area (Å²) < 4.78 is 5.58. The van der Waals surface area contributed by atoms with Crippen LogP contribution >= 0.6 is 24.0 Å². The highest BCUT2D eigenvalue weighted by molar-refractivity contribution is 14.0. The first-order valence-corrected chi connectivity index (χ1v) is 8.00. The minimum Gasteiger partial charge on any atom is -0.375 e. The van der Waals surface area contributed by atoms with Crippen LogP contribution in [0.25, 0.3) is 0 Å². The van der Waals surface area contributed by atoms with Gasteiger partial charge in [-0.2, -0.15) is 0 Å². The average molecular weight is 443 g/mol. The number of aliphatic imine (C=N–C) groups is 1. The number of nitrogens with one attached hydrogen (secondary N) is 2. The Hall–Kier alpha value is -1.53. The summed E-state index contributed by atoms with van der Waals surface area (Å²) in [4.78, 5) is 11.3. The molecule has 2 N–H and O–H groups in total. The summed E-state index contributed by atoms with van der Waals surface area (Å²) >= 11 is 0. The fraction of sp³-hybridized carbons (Fsp3) is 0.529. The number of pyridine rings is 1. The minimum atomic E-state index is 0. The number of hydrogen-bond acceptors (Lipinski definition) is 4. The zero-order valence-corrected chi connectivity index (χ0v) is 16.6. The van der Waals surface area contributed by atoms with Crippen LogP contribution in [-0.4, -0.2) is 49.8 Å². The molecule has 1 unspecified atom stereocenters. The predicted octanol–water partition coefficient (Wildman–Crippen LogP) is 1.61. The van der Waals surface area contributed by atoms with Crippen molar-refractivity contribution in [2.24, 2.45) is 4.99 Å². The van der Waals surface area contributed by atoms with Gasteiger partial charge in [0.2, 0.25) is 0 Å². The van der Waals surface area contributed by atoms with E-state index < -0.39 is 0 Å². The van der Waals surface area contributed by atoms with Gasteiger partial charge in [-0.1, -0.05) is 5.92 Å². The zero-order valence-electron chi connectivity index (χ0n) is 14.3. The van der Waals surface area contributed by atoms with E-state index in [0.29, 0.717) is 13.1 Å². The summed E-state index contributed by atoms with van der Waals surface area (Å²) in [5.74, 6) is 4.26. The molecular formula is C17H26IN5O. The Balaban J connectivity index is 0.00000288. The lowest BCUT2D eigenvalue weighted by atomic mass is 10.2. The first-order valence-electron chi connectivity index (χ1n) is 8.00. The van der Waals surface area contributed by atoms with Gasteiger partial charge >= 0.3 is 0 Å². The van der Waals surface area contributed by atoms with Gasteiger partial charge in [0.15, 0.2) is 5.96 Å². The van der Waals surface area contributed by atoms with Crippen molar-refractivity contribution in [3.8, 4) is 12.3 Å². The van der Waals surface area contributed by atoms with Crippen molar-refractivity contribution in [2.75, 3.05) is 37.7 Å². The third kappa shape index (κ3) is 6.53. The lowest BCUT2D eigenvalue weighted by Gasteiger charge is -2.32. The van der Waals surface area contributed by atoms with Crippen LogP contribution < -0.4 is 15.5 Å². The quantitative estimate of drug-likeness (QED) is 0.314. The molecule has 0 aliphatic carbocycles. The molecule has 24 heavy (non-hydrogen) atoms. The van der Waals surface area contributed by atoms with E-state index in [9.17, 15) is 0 Å². The second-order valence-electron chi connectivity index (χ2n) is 5.40. The van der Waals surface area contributed by atoms with Crippen molar-refractivity contribution in [1.29, 1.82) is 0 Å². The monoisotopic (exact) mass is 443 g/mol. The molecule has 1 aliphatic heterocycles. The van der Waals surface area contributed by atoms with E-state index in [0.717, 1.165) is 43.6 Å². The number of guanidine groups is 1. The molecule has 0 saturated carbocycles. The van der Waals surface area contributed by atoms with Crippen molar-refractivity contribution in [3.63, 3.8) is 0 Å². The van der Waals surface area contributed by atoms with E-state index in [1.54, 1.807) is 0 Å². The van der Waals surface area contributed by atoms with Gasteiger partial charge < -0.3 is 20.3 Å². The van der Waals surface area contributed by atoms with Crippen molar-refractivity contribution in [2.45, 2.75) is 26.5 Å². The van der Waals surface area contributed by atoms with Gasteiger partial charge in [-0.05, 0) is 31.5 Å². The molecule has 0 aromatic carbocycles. The molecule has 1 atom stereocenters. The highest BCUT2D eigenvalue weighted by Gasteiger charge is 2.17. The van der Waals surface area contributed by atoms with Crippen molar-refractivity contribution in [1.82, 2.24) is 15.6 Å². The van der Waals surface area contributed by atoms with Gasteiger partial charge in [0, 0.05) is 25.8 Å². The molecule has 1 aromatic heterocycles. The molecule has 0 spiro atoms. The number of halogens is 1. The molecule has 7 heteroatoms. The van der Waals surface area contributed by atoms with Crippen LogP contribution in [0.3, 0.4) is 0 Å². The Morgan fingerprint density at radius 1 is 1.54 bits per heavy atom. The van der Waals surface area contributed by atoms with E-state index in [4.69, 9.17) is 11.2 Å². The molecule has 2 heterocycles. The molecule has 1 aromatic rings. The zero-order chi connectivity index (χ0) is 16.5. The Labute approximate surface area is 161 Å². The molecule has 2 rings (SSSR count). The summed E-state index contributed by atoms with van der Waals surface area (Å²) in [6.07, 6.45) is 7.35. The number of nitrogens with zero attached hydrogens (tertiary/aromatic N) is 3. The van der Waals surface area contributed by atoms with Crippen molar-refractivity contribution >= 4 is 35.8 Å². The lowest BCUT2D eigenvalue weighted by molar-refractivity contribution is 0.0529. The number of hydrogen-bond donors (Lipinski definition) is 2. The van der Waals surface area contributed by atoms with Gasteiger partial charge in [-0.3, -0.25) is 0 Å². The van der Waals surface area contributed by atoms with E-state index in [2.05, 4.69) is 44.4 Å². The maximum absolute atomic E-state index is 5.58. The van der Waals surface area contributed by atoms with Crippen LogP contribution in [0.1, 0.15) is 19.4 Å². The summed E-state index contributed by atoms with van der Waals surface area (Å²) in [5, 5.41) is 6.26. The van der Waals surface area contributed by atoms with Crippen LogP contribution in [0.2, 0.25) is 0 Å². The smallest absolute Gasteiger partial charge is 0.192 e. The van der Waals surface area contributed by atoms with Gasteiger partial charge in [0.05, 0.1) is 25.8 Å². The minimum absolute atomic E-state index is 0. The molecule has 0 radical (unpaired) electrons. The Kier molecular flexibility index (Phi) is 9.49. The number of morpholine rings is 1.